The average molecular weight is 896 g/mol. The molecular weight excluding hydrogens is 847 g/mol. The van der Waals surface area contributed by atoms with Crippen LogP contribution in [0.1, 0.15) is 37.3 Å². The van der Waals surface area contributed by atoms with Crippen LogP contribution in [0, 0.1) is 0 Å². The SMILES string of the molecule is C1=CC2Nc3ccccc3C2C=C1.C=C1/C=C\C=C/N(c2cccc(-c3ccc4oc5ccccc5c4c3)c2)c2ccc3c(sc4ccc(-n5c6ccccc6c6ccccc65)cc43)c21.CCC. The number of rotatable bonds is 3. The molecule has 3 aliphatic rings. The minimum absolute atomic E-state index is 0.474. The molecule has 3 aromatic heterocycles. The Morgan fingerprint density at radius 3 is 2.13 bits per heavy atom. The second-order valence-corrected chi connectivity index (χ2v) is 18.8. The maximum absolute atomic E-state index is 6.12. The van der Waals surface area contributed by atoms with E-state index in [0.717, 1.165) is 61.3 Å². The van der Waals surface area contributed by atoms with E-state index < -0.39 is 0 Å². The molecule has 0 bridgehead atoms. The van der Waals surface area contributed by atoms with E-state index in [1.807, 2.05) is 23.5 Å². The highest BCUT2D eigenvalue weighted by Crippen LogP contribution is 2.46. The Labute approximate surface area is 400 Å². The van der Waals surface area contributed by atoms with Crippen LogP contribution in [0.25, 0.3) is 86.3 Å². The highest BCUT2D eigenvalue weighted by atomic mass is 32.1. The molecule has 4 nitrogen and oxygen atoms in total. The van der Waals surface area contributed by atoms with Crippen molar-refractivity contribution in [3.8, 4) is 16.8 Å². The van der Waals surface area contributed by atoms with E-state index >= 15 is 0 Å². The molecule has 14 rings (SSSR count). The number of para-hydroxylation sites is 4. The Morgan fingerprint density at radius 1 is 0.574 bits per heavy atom. The minimum Gasteiger partial charge on any atom is -0.456 e. The highest BCUT2D eigenvalue weighted by Gasteiger charge is 2.29. The fourth-order valence-electron chi connectivity index (χ4n) is 10.2. The van der Waals surface area contributed by atoms with Crippen LogP contribution >= 0.6 is 11.3 Å². The third kappa shape index (κ3) is 7.06. The molecule has 2 aliphatic heterocycles. The summed E-state index contributed by atoms with van der Waals surface area (Å²) in [5.74, 6) is 0.543. The molecule has 5 heterocycles. The number of aromatic nitrogens is 1. The molecule has 328 valence electrons. The van der Waals surface area contributed by atoms with E-state index in [4.69, 9.17) is 4.42 Å². The Hall–Kier alpha value is -8.12. The van der Waals surface area contributed by atoms with Crippen molar-refractivity contribution in [1.29, 1.82) is 0 Å². The third-order valence-electron chi connectivity index (χ3n) is 13.3. The molecule has 68 heavy (non-hydrogen) atoms. The van der Waals surface area contributed by atoms with Gasteiger partial charge in [-0.15, -0.1) is 11.3 Å². The zero-order valence-corrected chi connectivity index (χ0v) is 38.9. The predicted octanol–water partition coefficient (Wildman–Crippen LogP) is 18.1. The largest absolute Gasteiger partial charge is 0.456 e. The molecule has 1 N–H and O–H groups in total. The van der Waals surface area contributed by atoms with Crippen molar-refractivity contribution in [2.75, 3.05) is 10.2 Å². The smallest absolute Gasteiger partial charge is 0.135 e. The lowest BCUT2D eigenvalue weighted by molar-refractivity contribution is 0.669. The second kappa shape index (κ2) is 17.3. The fraction of sp³-hybridized carbons (Fsp3) is 0.0794. The van der Waals surface area contributed by atoms with Gasteiger partial charge >= 0.3 is 0 Å². The number of thiophene rings is 1. The number of benzene rings is 8. The topological polar surface area (TPSA) is 33.3 Å². The summed E-state index contributed by atoms with van der Waals surface area (Å²) >= 11 is 1.85. The first-order valence-corrected chi connectivity index (χ1v) is 24.4. The van der Waals surface area contributed by atoms with Crippen molar-refractivity contribution >= 4 is 97.9 Å². The summed E-state index contributed by atoms with van der Waals surface area (Å²) in [6.07, 6.45) is 18.5. The first kappa shape index (κ1) is 41.3. The molecule has 0 fully saturated rings. The van der Waals surface area contributed by atoms with Crippen LogP contribution < -0.4 is 10.2 Å². The van der Waals surface area contributed by atoms with Gasteiger partial charge < -0.3 is 19.2 Å². The van der Waals surface area contributed by atoms with Gasteiger partial charge in [0.15, 0.2) is 0 Å². The van der Waals surface area contributed by atoms with Crippen LogP contribution in [0.15, 0.2) is 230 Å². The van der Waals surface area contributed by atoms with Crippen LogP contribution in [0.2, 0.25) is 0 Å². The van der Waals surface area contributed by atoms with Gasteiger partial charge in [0, 0.05) is 76.5 Å². The molecule has 0 spiro atoms. The standard InChI is InChI=1S/C48H30N2OS.C12H11N.C3H8/c1-30-11-8-9-26-49(33-13-10-12-31(27-33)32-20-24-45-39(28-32)37-16-4-7-19-44(37)51-45)43-23-22-38-40-29-34(21-25-46(40)52-48(38)47(30)43)50-41-17-5-2-14-35(41)36-15-3-6-18-42(36)50;1-3-7-11-9(5-1)10-6-2-4-8-12(10)13-11;1-3-2/h2-29H,1H2;1-9,11,13H;3H2,1-2H3/b11-8-,26-9-;;. The van der Waals surface area contributed by atoms with Crippen LogP contribution in [0.3, 0.4) is 0 Å². The van der Waals surface area contributed by atoms with E-state index in [9.17, 15) is 0 Å². The molecule has 11 aromatic rings. The molecule has 8 aromatic carbocycles. The zero-order chi connectivity index (χ0) is 45.7. The van der Waals surface area contributed by atoms with Gasteiger partial charge in [0.1, 0.15) is 11.2 Å². The zero-order valence-electron chi connectivity index (χ0n) is 38.1. The Bertz CT molecular complexity index is 3840. The lowest BCUT2D eigenvalue weighted by Gasteiger charge is -2.26. The number of nitrogens with one attached hydrogen (secondary N) is 1. The van der Waals surface area contributed by atoms with Gasteiger partial charge in [0.2, 0.25) is 0 Å². The first-order chi connectivity index (χ1) is 33.6. The van der Waals surface area contributed by atoms with Crippen molar-refractivity contribution in [3.05, 3.63) is 236 Å². The normalized spacial score (nSPS) is 16.7. The maximum Gasteiger partial charge on any atom is 0.135 e. The van der Waals surface area contributed by atoms with E-state index in [2.05, 4.69) is 242 Å². The number of fused-ring (bicyclic) bond motifs is 14. The number of nitrogens with zero attached hydrogens (tertiary/aromatic N) is 2. The van der Waals surface area contributed by atoms with Gasteiger partial charge in [-0.3, -0.25) is 0 Å². The summed E-state index contributed by atoms with van der Waals surface area (Å²) in [7, 11) is 0. The summed E-state index contributed by atoms with van der Waals surface area (Å²) in [6.45, 7) is 8.84. The van der Waals surface area contributed by atoms with Gasteiger partial charge in [-0.25, -0.2) is 0 Å². The van der Waals surface area contributed by atoms with Crippen molar-refractivity contribution in [1.82, 2.24) is 4.57 Å². The van der Waals surface area contributed by atoms with Gasteiger partial charge in [-0.1, -0.05) is 160 Å². The van der Waals surface area contributed by atoms with Crippen LogP contribution in [-0.4, -0.2) is 10.6 Å². The molecule has 2 atom stereocenters. The highest BCUT2D eigenvalue weighted by molar-refractivity contribution is 7.26. The molecule has 0 radical (unpaired) electrons. The summed E-state index contributed by atoms with van der Waals surface area (Å²) < 4.78 is 11.0. The van der Waals surface area contributed by atoms with E-state index in [1.165, 1.54) is 59.6 Å². The minimum atomic E-state index is 0.474. The molecule has 5 heteroatoms. The molecule has 0 amide bonds. The average Bonchev–Trinajstić information content (AvgIpc) is 4.14. The van der Waals surface area contributed by atoms with E-state index in [-0.39, 0.29) is 0 Å². The molecule has 1 aliphatic carbocycles. The quantitative estimate of drug-likeness (QED) is 0.192. The summed E-state index contributed by atoms with van der Waals surface area (Å²) in [4.78, 5) is 2.30. The second-order valence-electron chi connectivity index (χ2n) is 17.7. The summed E-state index contributed by atoms with van der Waals surface area (Å²) in [5, 5.41) is 10.8. The third-order valence-corrected chi connectivity index (χ3v) is 14.5. The monoisotopic (exact) mass is 895 g/mol. The number of hydrogen-bond acceptors (Lipinski definition) is 4. The van der Waals surface area contributed by atoms with E-state index in [1.54, 1.807) is 0 Å². The molecule has 2 unspecified atom stereocenters. The lowest BCUT2D eigenvalue weighted by atomic mass is 9.92. The number of allylic oxidation sites excluding steroid dienone is 6. The number of anilines is 3. The maximum atomic E-state index is 6.12. The van der Waals surface area contributed by atoms with Crippen LogP contribution in [-0.2, 0) is 0 Å². The predicted molar refractivity (Wildman–Crippen MR) is 293 cm³/mol. The van der Waals surface area contributed by atoms with Crippen molar-refractivity contribution < 1.29 is 4.42 Å². The Balaban J connectivity index is 0.000000254. The summed E-state index contributed by atoms with van der Waals surface area (Å²) in [6, 6.07) is 61.4. The van der Waals surface area contributed by atoms with Crippen LogP contribution in [0.5, 0.6) is 0 Å². The van der Waals surface area contributed by atoms with Gasteiger partial charge in [0.25, 0.3) is 0 Å². The van der Waals surface area contributed by atoms with Crippen LogP contribution in [0.4, 0.5) is 17.1 Å². The van der Waals surface area contributed by atoms with Crippen molar-refractivity contribution in [3.63, 3.8) is 0 Å². The summed E-state index contributed by atoms with van der Waals surface area (Å²) in [5.41, 5.74) is 14.8. The van der Waals surface area contributed by atoms with Gasteiger partial charge in [0.05, 0.1) is 22.8 Å². The first-order valence-electron chi connectivity index (χ1n) is 23.6. The Morgan fingerprint density at radius 2 is 1.29 bits per heavy atom. The molecular formula is C63H49N3OS. The van der Waals surface area contributed by atoms with E-state index in [0.29, 0.717) is 12.0 Å². The van der Waals surface area contributed by atoms with Crippen molar-refractivity contribution in [2.24, 2.45) is 0 Å². The fourth-order valence-corrected chi connectivity index (χ4v) is 11.5. The molecule has 0 saturated carbocycles. The van der Waals surface area contributed by atoms with Crippen molar-refractivity contribution in [2.45, 2.75) is 32.2 Å². The number of furan rings is 1. The van der Waals surface area contributed by atoms with Gasteiger partial charge in [-0.2, -0.15) is 0 Å². The molecule has 0 saturated heterocycles. The lowest BCUT2D eigenvalue weighted by Crippen LogP contribution is -2.17. The number of hydrogen-bond donors (Lipinski definition) is 1. The Kier molecular flexibility index (Phi) is 10.5. The van der Waals surface area contributed by atoms with Gasteiger partial charge in [-0.05, 0) is 101 Å².